The molecule has 0 aromatic heterocycles. The van der Waals surface area contributed by atoms with Crippen LogP contribution in [0.1, 0.15) is 23.7 Å². The zero-order valence-electron chi connectivity index (χ0n) is 15.8. The molecule has 1 heterocycles. The van der Waals surface area contributed by atoms with Gasteiger partial charge in [0.15, 0.2) is 0 Å². The molecule has 6 heteroatoms. The Hall–Kier alpha value is -3.02. The molecule has 2 aromatic rings. The molecular formula is C21H25N3O3. The summed E-state index contributed by atoms with van der Waals surface area (Å²) in [5, 5.41) is 2.90. The van der Waals surface area contributed by atoms with Gasteiger partial charge in [-0.2, -0.15) is 0 Å². The summed E-state index contributed by atoms with van der Waals surface area (Å²) in [5.74, 6) is 0.778. The Morgan fingerprint density at radius 1 is 0.963 bits per heavy atom. The van der Waals surface area contributed by atoms with Crippen molar-refractivity contribution < 1.29 is 14.3 Å². The molecule has 0 unspecified atom stereocenters. The predicted molar refractivity (Wildman–Crippen MR) is 106 cm³/mol. The zero-order valence-corrected chi connectivity index (χ0v) is 15.8. The lowest BCUT2D eigenvalue weighted by Crippen LogP contribution is -2.48. The van der Waals surface area contributed by atoms with Gasteiger partial charge in [-0.05, 0) is 48.5 Å². The monoisotopic (exact) mass is 367 g/mol. The Balaban J connectivity index is 1.57. The number of hydrogen-bond acceptors (Lipinski definition) is 4. The van der Waals surface area contributed by atoms with Crippen molar-refractivity contribution >= 4 is 23.2 Å². The number of anilines is 2. The molecule has 2 aromatic carbocycles. The normalized spacial score (nSPS) is 14.0. The maximum atomic E-state index is 12.3. The summed E-state index contributed by atoms with van der Waals surface area (Å²) in [6, 6.07) is 14.8. The van der Waals surface area contributed by atoms with E-state index in [2.05, 4.69) is 10.2 Å². The summed E-state index contributed by atoms with van der Waals surface area (Å²) in [6.07, 6.45) is 0.558. The number of rotatable bonds is 5. The van der Waals surface area contributed by atoms with Gasteiger partial charge < -0.3 is 19.9 Å². The fourth-order valence-corrected chi connectivity index (χ4v) is 3.14. The number of ether oxygens (including phenoxy) is 1. The second-order valence-electron chi connectivity index (χ2n) is 6.45. The van der Waals surface area contributed by atoms with Crippen LogP contribution in [0.25, 0.3) is 0 Å². The minimum Gasteiger partial charge on any atom is -0.497 e. The summed E-state index contributed by atoms with van der Waals surface area (Å²) in [4.78, 5) is 28.3. The van der Waals surface area contributed by atoms with Crippen LogP contribution >= 0.6 is 0 Å². The van der Waals surface area contributed by atoms with Gasteiger partial charge in [-0.3, -0.25) is 9.59 Å². The van der Waals surface area contributed by atoms with Crippen molar-refractivity contribution in [2.24, 2.45) is 0 Å². The Morgan fingerprint density at radius 2 is 1.59 bits per heavy atom. The van der Waals surface area contributed by atoms with Crippen LogP contribution in [0, 0.1) is 0 Å². The molecule has 0 atom stereocenters. The zero-order chi connectivity index (χ0) is 19.2. The highest BCUT2D eigenvalue weighted by Crippen LogP contribution is 2.20. The number of benzene rings is 2. The van der Waals surface area contributed by atoms with Gasteiger partial charge >= 0.3 is 0 Å². The molecule has 27 heavy (non-hydrogen) atoms. The van der Waals surface area contributed by atoms with E-state index in [1.807, 2.05) is 36.1 Å². The molecule has 2 amide bonds. The molecule has 0 radical (unpaired) electrons. The minimum atomic E-state index is -0.155. The van der Waals surface area contributed by atoms with Crippen LogP contribution in [0.15, 0.2) is 48.5 Å². The third-order valence-corrected chi connectivity index (χ3v) is 4.78. The second kappa shape index (κ2) is 8.58. The van der Waals surface area contributed by atoms with Crippen LogP contribution < -0.4 is 15.0 Å². The molecule has 0 aliphatic carbocycles. The molecule has 1 aliphatic heterocycles. The van der Waals surface area contributed by atoms with E-state index in [-0.39, 0.29) is 11.8 Å². The molecule has 1 saturated heterocycles. The van der Waals surface area contributed by atoms with E-state index in [9.17, 15) is 9.59 Å². The Labute approximate surface area is 159 Å². The highest BCUT2D eigenvalue weighted by Gasteiger charge is 2.20. The lowest BCUT2D eigenvalue weighted by molar-refractivity contribution is -0.131. The molecule has 0 bridgehead atoms. The fourth-order valence-electron chi connectivity index (χ4n) is 3.14. The van der Waals surface area contributed by atoms with Gasteiger partial charge in [0.25, 0.3) is 5.91 Å². The molecule has 1 fully saturated rings. The predicted octanol–water partition coefficient (Wildman–Crippen LogP) is 3.01. The van der Waals surface area contributed by atoms with Crippen molar-refractivity contribution in [3.63, 3.8) is 0 Å². The van der Waals surface area contributed by atoms with Crippen LogP contribution in [0.2, 0.25) is 0 Å². The van der Waals surface area contributed by atoms with Crippen LogP contribution in [-0.2, 0) is 4.79 Å². The van der Waals surface area contributed by atoms with Crippen molar-refractivity contribution in [1.82, 2.24) is 4.90 Å². The summed E-state index contributed by atoms with van der Waals surface area (Å²) in [6.45, 7) is 5.05. The number of piperazine rings is 1. The molecule has 0 spiro atoms. The first-order valence-electron chi connectivity index (χ1n) is 9.19. The highest BCUT2D eigenvalue weighted by molar-refractivity contribution is 6.04. The minimum absolute atomic E-state index is 0.155. The lowest BCUT2D eigenvalue weighted by atomic mass is 10.2. The number of hydrogen-bond donors (Lipinski definition) is 1. The number of nitrogens with zero attached hydrogens (tertiary/aromatic N) is 2. The Bertz CT molecular complexity index is 779. The SMILES string of the molecule is CCC(=O)N1CCN(c2ccc(NC(=O)c3ccc(OC)cc3)cc2)CC1. The number of carbonyl (C=O) groups is 2. The molecule has 6 nitrogen and oxygen atoms in total. The molecular weight excluding hydrogens is 342 g/mol. The smallest absolute Gasteiger partial charge is 0.255 e. The Kier molecular flexibility index (Phi) is 5.96. The number of amides is 2. The highest BCUT2D eigenvalue weighted by atomic mass is 16.5. The maximum Gasteiger partial charge on any atom is 0.255 e. The van der Waals surface area contributed by atoms with E-state index in [1.54, 1.807) is 31.4 Å². The first kappa shape index (κ1) is 18.8. The van der Waals surface area contributed by atoms with Crippen molar-refractivity contribution in [2.45, 2.75) is 13.3 Å². The van der Waals surface area contributed by atoms with Crippen molar-refractivity contribution in [2.75, 3.05) is 43.5 Å². The van der Waals surface area contributed by atoms with Gasteiger partial charge in [0, 0.05) is 49.5 Å². The second-order valence-corrected chi connectivity index (χ2v) is 6.45. The maximum absolute atomic E-state index is 12.3. The Morgan fingerprint density at radius 3 is 2.15 bits per heavy atom. The van der Waals surface area contributed by atoms with E-state index >= 15 is 0 Å². The quantitative estimate of drug-likeness (QED) is 0.882. The summed E-state index contributed by atoms with van der Waals surface area (Å²) in [7, 11) is 1.60. The lowest BCUT2D eigenvalue weighted by Gasteiger charge is -2.36. The largest absolute Gasteiger partial charge is 0.497 e. The molecule has 142 valence electrons. The van der Waals surface area contributed by atoms with Gasteiger partial charge in [-0.1, -0.05) is 6.92 Å². The van der Waals surface area contributed by atoms with E-state index in [1.165, 1.54) is 0 Å². The molecule has 1 N–H and O–H groups in total. The van der Waals surface area contributed by atoms with Crippen LogP contribution in [0.5, 0.6) is 5.75 Å². The van der Waals surface area contributed by atoms with Gasteiger partial charge in [-0.15, -0.1) is 0 Å². The average molecular weight is 367 g/mol. The van der Waals surface area contributed by atoms with Gasteiger partial charge in [0.1, 0.15) is 5.75 Å². The van der Waals surface area contributed by atoms with Gasteiger partial charge in [0.2, 0.25) is 5.91 Å². The number of nitrogens with one attached hydrogen (secondary N) is 1. The van der Waals surface area contributed by atoms with Crippen LogP contribution in [0.4, 0.5) is 11.4 Å². The van der Waals surface area contributed by atoms with Crippen molar-refractivity contribution in [3.8, 4) is 5.75 Å². The van der Waals surface area contributed by atoms with E-state index < -0.39 is 0 Å². The number of carbonyl (C=O) groups excluding carboxylic acids is 2. The first-order valence-corrected chi connectivity index (χ1v) is 9.19. The van der Waals surface area contributed by atoms with Crippen molar-refractivity contribution in [1.29, 1.82) is 0 Å². The molecule has 3 rings (SSSR count). The average Bonchev–Trinajstić information content (AvgIpc) is 2.74. The number of methoxy groups -OCH3 is 1. The summed E-state index contributed by atoms with van der Waals surface area (Å²) >= 11 is 0. The fraction of sp³-hybridized carbons (Fsp3) is 0.333. The van der Waals surface area contributed by atoms with Crippen LogP contribution in [-0.4, -0.2) is 50.0 Å². The van der Waals surface area contributed by atoms with Crippen molar-refractivity contribution in [3.05, 3.63) is 54.1 Å². The third kappa shape index (κ3) is 4.58. The van der Waals surface area contributed by atoms with Gasteiger partial charge in [0.05, 0.1) is 7.11 Å². The third-order valence-electron chi connectivity index (χ3n) is 4.78. The topological polar surface area (TPSA) is 61.9 Å². The van der Waals surface area contributed by atoms with Crippen LogP contribution in [0.3, 0.4) is 0 Å². The molecule has 1 aliphatic rings. The van der Waals surface area contributed by atoms with E-state index in [4.69, 9.17) is 4.74 Å². The standard InChI is InChI=1S/C21H25N3O3/c1-3-20(25)24-14-12-23(13-15-24)18-8-6-17(7-9-18)22-21(26)16-4-10-19(27-2)11-5-16/h4-11H,3,12-15H2,1-2H3,(H,22,26). The first-order chi connectivity index (χ1) is 13.1. The summed E-state index contributed by atoms with van der Waals surface area (Å²) in [5.41, 5.74) is 2.43. The van der Waals surface area contributed by atoms with E-state index in [0.29, 0.717) is 12.0 Å². The summed E-state index contributed by atoms with van der Waals surface area (Å²) < 4.78 is 5.11. The van der Waals surface area contributed by atoms with Gasteiger partial charge in [-0.25, -0.2) is 0 Å². The van der Waals surface area contributed by atoms with E-state index in [0.717, 1.165) is 43.3 Å². The molecule has 0 saturated carbocycles.